The molecule has 4 N–H and O–H groups in total. The van der Waals surface area contributed by atoms with Crippen LogP contribution >= 0.6 is 0 Å². The zero-order valence-electron chi connectivity index (χ0n) is 72.8. The van der Waals surface area contributed by atoms with E-state index in [1.807, 2.05) is 317 Å². The van der Waals surface area contributed by atoms with Crippen LogP contribution in [0, 0.1) is 19.8 Å². The SMILES string of the molecule is Cc1cc(-c2nnn(CC(=O)Nc3ccc(-c4ccccc4)cn3)c2-c2ccccc2)ccn1.Cc1cc(-n2nnc(CC(=O)Nc3ccc(-c4ccccc4)cn3)c2-c2ccccc2)ccn1.O=C(Cn1nnc(-c2ccnc(F)c2)c1-c1ccccc1)Nc1ccc(-c2ccccc2)cn1.O=C(Cn1nnc(-c2ccncc2)c1-c1ccccc1)Nc1ccc(-c2ccccc2)cn1. The van der Waals surface area contributed by atoms with Gasteiger partial charge < -0.3 is 21.3 Å². The summed E-state index contributed by atoms with van der Waals surface area (Å²) in [5.41, 5.74) is 22.0. The first kappa shape index (κ1) is 88.4. The van der Waals surface area contributed by atoms with E-state index >= 15 is 0 Å². The first-order valence-electron chi connectivity index (χ1n) is 42.9. The predicted octanol–water partition coefficient (Wildman–Crippen LogP) is 19.5. The highest BCUT2D eigenvalue weighted by Crippen LogP contribution is 2.36. The number of nitrogens with zero attached hydrogens (tertiary/aromatic N) is 20. The Morgan fingerprint density at radius 2 is 0.570 bits per heavy atom. The van der Waals surface area contributed by atoms with Crippen LogP contribution in [0.4, 0.5) is 27.7 Å². The standard InChI is InChI=1S/2C27H22N6O.C26H19FN6O.C26H20N6O/c1-19-16-22(14-15-28-19)26-27(21-10-6-3-7-11-21)33(32-31-26)18-25(34)30-24-13-12-23(17-29-24)20-8-4-2-5-9-20;1-19-16-23(14-15-28-19)33-27(21-10-6-3-7-11-21)24(31-32-33)17-26(34)30-25-13-12-22(18-29-25)20-8-4-2-5-9-20;27-22-15-20(13-14-28-22)25-26(19-9-5-2-6-10-19)33(32-31-25)17-24(34)30-23-12-11-21(16-29-23)18-7-3-1-4-8-18;33-24(29-23-12-11-22(17-28-23)19-7-3-1-4-8-19)18-32-26(21-9-5-2-6-10-21)25(30-31-32)20-13-15-27-16-14-20/h2-17H,18H2,1H3,(H,29,30,34);2-16,18H,17H2,1H3,(H,29,30,34);1-16H,17H2,(H,29,30,34);1-17H,18H2,(H,28,29,33). The molecule has 12 aromatic heterocycles. The molecule has 29 heteroatoms. The molecule has 0 saturated carbocycles. The van der Waals surface area contributed by atoms with Gasteiger partial charge >= 0.3 is 0 Å². The summed E-state index contributed by atoms with van der Waals surface area (Å²) in [6.45, 7) is 3.77. The molecule has 28 nitrogen and oxygen atoms in total. The van der Waals surface area contributed by atoms with Crippen LogP contribution in [0.1, 0.15) is 17.1 Å². The second-order valence-corrected chi connectivity index (χ2v) is 30.6. The first-order valence-corrected chi connectivity index (χ1v) is 42.9. The number of pyridine rings is 8. The molecule has 0 spiro atoms. The molecule has 0 atom stereocenters. The minimum atomic E-state index is -0.617. The number of aryl methyl sites for hydroxylation is 2. The highest BCUT2D eigenvalue weighted by molar-refractivity contribution is 5.94. The number of benzene rings is 8. The molecule has 0 saturated heterocycles. The predicted molar refractivity (Wildman–Crippen MR) is 517 cm³/mol. The molecule has 0 bridgehead atoms. The normalized spacial score (nSPS) is 10.7. The molecule has 0 aliphatic heterocycles. The molecule has 0 aliphatic carbocycles. The third-order valence-corrected chi connectivity index (χ3v) is 21.1. The quantitative estimate of drug-likeness (QED) is 0.0408. The summed E-state index contributed by atoms with van der Waals surface area (Å²) in [6.07, 6.45) is 15.3. The molecule has 12 heterocycles. The zero-order chi connectivity index (χ0) is 92.4. The summed E-state index contributed by atoms with van der Waals surface area (Å²) in [7, 11) is 0. The van der Waals surface area contributed by atoms with Crippen LogP contribution in [0.2, 0.25) is 0 Å². The Kier molecular flexibility index (Phi) is 28.1. The number of anilines is 4. The van der Waals surface area contributed by atoms with E-state index in [1.54, 1.807) is 94.0 Å². The fourth-order valence-corrected chi connectivity index (χ4v) is 14.8. The first-order chi connectivity index (χ1) is 66.3. The van der Waals surface area contributed by atoms with E-state index in [4.69, 9.17) is 0 Å². The zero-order valence-corrected chi connectivity index (χ0v) is 72.8. The Balaban J connectivity index is 0.000000125. The van der Waals surface area contributed by atoms with E-state index in [0.717, 1.165) is 112 Å². The maximum absolute atomic E-state index is 13.7. The van der Waals surface area contributed by atoms with Crippen molar-refractivity contribution in [2.75, 3.05) is 21.3 Å². The average molecular weight is 1780 g/mol. The Morgan fingerprint density at radius 1 is 0.267 bits per heavy atom. The number of hydrogen-bond donors (Lipinski definition) is 4. The fraction of sp³-hybridized carbons (Fsp3) is 0.0566. The molecule has 8 aromatic carbocycles. The van der Waals surface area contributed by atoms with Crippen molar-refractivity contribution in [3.63, 3.8) is 0 Å². The largest absolute Gasteiger partial charge is 0.310 e. The van der Waals surface area contributed by atoms with Gasteiger partial charge in [-0.1, -0.05) is 264 Å². The molecule has 0 fully saturated rings. The van der Waals surface area contributed by atoms with E-state index in [-0.39, 0.29) is 49.7 Å². The maximum atomic E-state index is 13.7. The summed E-state index contributed by atoms with van der Waals surface area (Å²) >= 11 is 0. The van der Waals surface area contributed by atoms with Gasteiger partial charge in [-0.3, -0.25) is 34.1 Å². The second-order valence-electron chi connectivity index (χ2n) is 30.6. The van der Waals surface area contributed by atoms with E-state index in [9.17, 15) is 23.6 Å². The van der Waals surface area contributed by atoms with Crippen molar-refractivity contribution < 1.29 is 23.6 Å². The smallest absolute Gasteiger partial charge is 0.247 e. The molecular weight excluding hydrogens is 1690 g/mol. The number of carbonyl (C=O) groups excluding carboxylic acids is 4. The van der Waals surface area contributed by atoms with Gasteiger partial charge in [0.15, 0.2) is 0 Å². The van der Waals surface area contributed by atoms with Crippen LogP contribution in [0.15, 0.2) is 395 Å². The van der Waals surface area contributed by atoms with Gasteiger partial charge in [0.25, 0.3) is 0 Å². The van der Waals surface area contributed by atoms with Gasteiger partial charge in [-0.2, -0.15) is 4.39 Å². The minimum Gasteiger partial charge on any atom is -0.310 e. The number of nitrogens with one attached hydrogen (secondary N) is 4. The Labute approximate surface area is 774 Å². The molecule has 0 radical (unpaired) electrons. The molecule has 4 amide bonds. The van der Waals surface area contributed by atoms with Crippen LogP contribution in [-0.2, 0) is 45.2 Å². The molecular formula is C106H83FN24O4. The van der Waals surface area contributed by atoms with Crippen LogP contribution in [0.5, 0.6) is 0 Å². The van der Waals surface area contributed by atoms with E-state index in [0.29, 0.717) is 57.3 Å². The third kappa shape index (κ3) is 22.7. The lowest BCUT2D eigenvalue weighted by Gasteiger charge is -2.10. The highest BCUT2D eigenvalue weighted by Gasteiger charge is 2.25. The maximum Gasteiger partial charge on any atom is 0.247 e. The van der Waals surface area contributed by atoms with Gasteiger partial charge in [0.1, 0.15) is 65.7 Å². The Bertz CT molecular complexity index is 6840. The average Bonchev–Trinajstić information content (AvgIpc) is 1.67. The Morgan fingerprint density at radius 3 is 0.904 bits per heavy atom. The van der Waals surface area contributed by atoms with Crippen molar-refractivity contribution in [1.29, 1.82) is 0 Å². The van der Waals surface area contributed by atoms with Crippen LogP contribution < -0.4 is 21.3 Å². The van der Waals surface area contributed by atoms with Crippen molar-refractivity contribution >= 4 is 46.9 Å². The van der Waals surface area contributed by atoms with Gasteiger partial charge in [0.2, 0.25) is 29.6 Å². The Hall–Kier alpha value is -18.7. The molecule has 20 rings (SSSR count). The molecule has 0 unspecified atom stereocenters. The van der Waals surface area contributed by atoms with Gasteiger partial charge in [-0.25, -0.2) is 43.6 Å². The second kappa shape index (κ2) is 43.0. The van der Waals surface area contributed by atoms with Crippen LogP contribution in [0.3, 0.4) is 0 Å². The van der Waals surface area contributed by atoms with Crippen molar-refractivity contribution in [2.24, 2.45) is 0 Å². The number of carbonyl (C=O) groups is 4. The number of aromatic nitrogens is 20. The number of halogens is 1. The lowest BCUT2D eigenvalue weighted by atomic mass is 10.0. The van der Waals surface area contributed by atoms with Crippen molar-refractivity contribution in [1.82, 2.24) is 99.8 Å². The monoisotopic (exact) mass is 1770 g/mol. The molecule has 20 aromatic rings. The van der Waals surface area contributed by atoms with Crippen LogP contribution in [0.25, 0.3) is 129 Å². The number of hydrogen-bond acceptors (Lipinski definition) is 20. The lowest BCUT2D eigenvalue weighted by Crippen LogP contribution is -2.20. The molecule has 0 aliphatic rings. The van der Waals surface area contributed by atoms with Crippen LogP contribution in [-0.4, -0.2) is 123 Å². The topological polar surface area (TPSA) is 342 Å². The number of amides is 4. The lowest BCUT2D eigenvalue weighted by molar-refractivity contribution is -0.117. The summed E-state index contributed by atoms with van der Waals surface area (Å²) in [6, 6.07) is 108. The molecule has 658 valence electrons. The summed E-state index contributed by atoms with van der Waals surface area (Å²) in [5.74, 6) is 0.272. The number of rotatable bonds is 24. The highest BCUT2D eigenvalue weighted by atomic mass is 19.1. The van der Waals surface area contributed by atoms with E-state index in [1.165, 1.54) is 16.9 Å². The van der Waals surface area contributed by atoms with Crippen molar-refractivity contribution in [2.45, 2.75) is 39.9 Å². The van der Waals surface area contributed by atoms with Gasteiger partial charge in [-0.15, -0.1) is 20.4 Å². The van der Waals surface area contributed by atoms with Crippen molar-refractivity contribution in [3.05, 3.63) is 419 Å². The summed E-state index contributed by atoms with van der Waals surface area (Å²) in [4.78, 5) is 85.1. The summed E-state index contributed by atoms with van der Waals surface area (Å²) < 4.78 is 20.2. The van der Waals surface area contributed by atoms with Gasteiger partial charge in [0.05, 0.1) is 34.9 Å². The fourth-order valence-electron chi connectivity index (χ4n) is 14.8. The van der Waals surface area contributed by atoms with E-state index in [2.05, 4.69) is 102 Å². The minimum absolute atomic E-state index is 0.00338. The van der Waals surface area contributed by atoms with Crippen molar-refractivity contribution in [3.8, 4) is 129 Å². The molecule has 135 heavy (non-hydrogen) atoms. The van der Waals surface area contributed by atoms with E-state index < -0.39 is 5.95 Å². The summed E-state index contributed by atoms with van der Waals surface area (Å²) in [5, 5.41) is 45.8. The third-order valence-electron chi connectivity index (χ3n) is 21.1. The van der Waals surface area contributed by atoms with Gasteiger partial charge in [0, 0.05) is 134 Å². The van der Waals surface area contributed by atoms with Gasteiger partial charge in [-0.05, 0) is 127 Å².